The largest absolute Gasteiger partial charge is 0.356 e. The molecule has 1 fully saturated rings. The molecular formula is C14H22N2OS. The summed E-state index contributed by atoms with van der Waals surface area (Å²) in [5, 5.41) is 10.6. The third-order valence-electron chi connectivity index (χ3n) is 3.49. The predicted octanol–water partition coefficient (Wildman–Crippen LogP) is 2.19. The minimum absolute atomic E-state index is 0.185. The molecule has 4 heteroatoms. The first-order chi connectivity index (χ1) is 8.84. The number of amides is 1. The number of nitrogens with one attached hydrogen (secondary N) is 2. The minimum Gasteiger partial charge on any atom is -0.356 e. The fourth-order valence-electron chi connectivity index (χ4n) is 2.37. The number of piperidine rings is 1. The van der Waals surface area contributed by atoms with E-state index in [1.807, 2.05) is 0 Å². The highest BCUT2D eigenvalue weighted by Crippen LogP contribution is 2.13. The maximum absolute atomic E-state index is 11.7. The lowest BCUT2D eigenvalue weighted by Crippen LogP contribution is -2.33. The Balaban J connectivity index is 1.54. The van der Waals surface area contributed by atoms with Crippen LogP contribution in [0.25, 0.3) is 0 Å². The fourth-order valence-corrected chi connectivity index (χ4v) is 3.07. The summed E-state index contributed by atoms with van der Waals surface area (Å²) < 4.78 is 0. The van der Waals surface area contributed by atoms with Crippen LogP contribution in [0.3, 0.4) is 0 Å². The van der Waals surface area contributed by atoms with Gasteiger partial charge in [-0.15, -0.1) is 0 Å². The van der Waals surface area contributed by atoms with E-state index in [0.717, 1.165) is 38.4 Å². The average Bonchev–Trinajstić information content (AvgIpc) is 2.91. The van der Waals surface area contributed by atoms with Gasteiger partial charge in [-0.2, -0.15) is 11.3 Å². The average molecular weight is 266 g/mol. The summed E-state index contributed by atoms with van der Waals surface area (Å²) in [4.78, 5) is 11.7. The Bertz CT molecular complexity index is 345. The van der Waals surface area contributed by atoms with Crippen molar-refractivity contribution in [1.29, 1.82) is 0 Å². The molecule has 0 aliphatic carbocycles. The molecule has 2 heterocycles. The van der Waals surface area contributed by atoms with Crippen molar-refractivity contribution < 1.29 is 4.79 Å². The summed E-state index contributed by atoms with van der Waals surface area (Å²) in [6.45, 7) is 3.10. The summed E-state index contributed by atoms with van der Waals surface area (Å²) in [6.07, 6.45) is 5.16. The topological polar surface area (TPSA) is 41.1 Å². The first-order valence-electron chi connectivity index (χ1n) is 6.83. The van der Waals surface area contributed by atoms with Crippen LogP contribution in [-0.2, 0) is 11.2 Å². The zero-order valence-corrected chi connectivity index (χ0v) is 11.6. The normalized spacial score (nSPS) is 19.7. The van der Waals surface area contributed by atoms with Gasteiger partial charge in [0.15, 0.2) is 0 Å². The number of carbonyl (C=O) groups is 1. The van der Waals surface area contributed by atoms with Gasteiger partial charge in [0.1, 0.15) is 0 Å². The molecule has 1 saturated heterocycles. The third-order valence-corrected chi connectivity index (χ3v) is 4.23. The van der Waals surface area contributed by atoms with Crippen molar-refractivity contribution >= 4 is 17.2 Å². The quantitative estimate of drug-likeness (QED) is 0.828. The van der Waals surface area contributed by atoms with E-state index in [9.17, 15) is 4.79 Å². The molecule has 1 aliphatic heterocycles. The Morgan fingerprint density at radius 3 is 3.22 bits per heavy atom. The lowest BCUT2D eigenvalue weighted by Gasteiger charge is -2.22. The first kappa shape index (κ1) is 13.6. The van der Waals surface area contributed by atoms with Crippen molar-refractivity contribution in [3.05, 3.63) is 22.4 Å². The first-order valence-corrected chi connectivity index (χ1v) is 7.77. The summed E-state index contributed by atoms with van der Waals surface area (Å²) in [5.41, 5.74) is 1.27. The molecule has 0 bridgehead atoms. The SMILES string of the molecule is O=C(CCc1ccsc1)NCCC1CCCNC1. The molecular weight excluding hydrogens is 244 g/mol. The van der Waals surface area contributed by atoms with Crippen LogP contribution in [0.4, 0.5) is 0 Å². The number of hydrogen-bond acceptors (Lipinski definition) is 3. The highest BCUT2D eigenvalue weighted by molar-refractivity contribution is 7.07. The Morgan fingerprint density at radius 2 is 2.50 bits per heavy atom. The summed E-state index contributed by atoms with van der Waals surface area (Å²) in [7, 11) is 0. The molecule has 0 aromatic carbocycles. The molecule has 1 aromatic heterocycles. The van der Waals surface area contributed by atoms with Crippen LogP contribution >= 0.6 is 11.3 Å². The summed E-state index contributed by atoms with van der Waals surface area (Å²) in [6, 6.07) is 2.09. The van der Waals surface area contributed by atoms with Gasteiger partial charge in [0, 0.05) is 13.0 Å². The monoisotopic (exact) mass is 266 g/mol. The van der Waals surface area contributed by atoms with Gasteiger partial charge in [0.05, 0.1) is 0 Å². The van der Waals surface area contributed by atoms with Gasteiger partial charge in [-0.25, -0.2) is 0 Å². The van der Waals surface area contributed by atoms with E-state index in [1.165, 1.54) is 18.4 Å². The second-order valence-corrected chi connectivity index (χ2v) is 5.76. The molecule has 2 N–H and O–H groups in total. The molecule has 3 nitrogen and oxygen atoms in total. The molecule has 1 amide bonds. The maximum atomic E-state index is 11.7. The van der Waals surface area contributed by atoms with Crippen LogP contribution in [-0.4, -0.2) is 25.5 Å². The Morgan fingerprint density at radius 1 is 1.56 bits per heavy atom. The lowest BCUT2D eigenvalue weighted by molar-refractivity contribution is -0.121. The van der Waals surface area contributed by atoms with Crippen LogP contribution in [0.15, 0.2) is 16.8 Å². The predicted molar refractivity (Wildman–Crippen MR) is 75.9 cm³/mol. The van der Waals surface area contributed by atoms with Crippen molar-refractivity contribution in [3.8, 4) is 0 Å². The van der Waals surface area contributed by atoms with Crippen LogP contribution < -0.4 is 10.6 Å². The van der Waals surface area contributed by atoms with Gasteiger partial charge in [0.25, 0.3) is 0 Å². The second kappa shape index (κ2) is 7.54. The molecule has 0 saturated carbocycles. The number of hydrogen-bond donors (Lipinski definition) is 2. The lowest BCUT2D eigenvalue weighted by atomic mass is 9.96. The van der Waals surface area contributed by atoms with Crippen molar-refractivity contribution in [2.24, 2.45) is 5.92 Å². The van der Waals surface area contributed by atoms with Gasteiger partial charge < -0.3 is 10.6 Å². The van der Waals surface area contributed by atoms with Crippen molar-refractivity contribution in [1.82, 2.24) is 10.6 Å². The van der Waals surface area contributed by atoms with Crippen molar-refractivity contribution in [3.63, 3.8) is 0 Å². The van der Waals surface area contributed by atoms with E-state index in [-0.39, 0.29) is 5.91 Å². The fraction of sp³-hybridized carbons (Fsp3) is 0.643. The molecule has 1 aromatic rings. The van der Waals surface area contributed by atoms with Crippen LogP contribution in [0.2, 0.25) is 0 Å². The van der Waals surface area contributed by atoms with E-state index < -0.39 is 0 Å². The van der Waals surface area contributed by atoms with Crippen LogP contribution in [0, 0.1) is 5.92 Å². The maximum Gasteiger partial charge on any atom is 0.220 e. The standard InChI is InChI=1S/C14H22N2OS/c17-14(4-3-13-6-9-18-11-13)16-8-5-12-2-1-7-15-10-12/h6,9,11-12,15H,1-5,7-8,10H2,(H,16,17). The van der Waals surface area contributed by atoms with E-state index in [4.69, 9.17) is 0 Å². The second-order valence-electron chi connectivity index (χ2n) is 4.98. The van der Waals surface area contributed by atoms with E-state index in [2.05, 4.69) is 27.5 Å². The number of thiophene rings is 1. The van der Waals surface area contributed by atoms with Crippen LogP contribution in [0.1, 0.15) is 31.2 Å². The highest BCUT2D eigenvalue weighted by atomic mass is 32.1. The Kier molecular flexibility index (Phi) is 5.68. The van der Waals surface area contributed by atoms with Gasteiger partial charge >= 0.3 is 0 Å². The van der Waals surface area contributed by atoms with Gasteiger partial charge in [-0.05, 0) is 67.1 Å². The Hall–Kier alpha value is -0.870. The zero-order chi connectivity index (χ0) is 12.6. The number of carbonyl (C=O) groups excluding carboxylic acids is 1. The molecule has 100 valence electrons. The number of aryl methyl sites for hydroxylation is 1. The molecule has 18 heavy (non-hydrogen) atoms. The minimum atomic E-state index is 0.185. The smallest absolute Gasteiger partial charge is 0.220 e. The van der Waals surface area contributed by atoms with Crippen molar-refractivity contribution in [2.45, 2.75) is 32.1 Å². The van der Waals surface area contributed by atoms with Gasteiger partial charge in [0.2, 0.25) is 5.91 Å². The highest BCUT2D eigenvalue weighted by Gasteiger charge is 2.12. The van der Waals surface area contributed by atoms with Gasteiger partial charge in [-0.1, -0.05) is 0 Å². The third kappa shape index (κ3) is 4.78. The zero-order valence-electron chi connectivity index (χ0n) is 10.8. The van der Waals surface area contributed by atoms with E-state index >= 15 is 0 Å². The number of rotatable bonds is 6. The molecule has 1 unspecified atom stereocenters. The molecule has 0 spiro atoms. The summed E-state index contributed by atoms with van der Waals surface area (Å²) >= 11 is 1.69. The van der Waals surface area contributed by atoms with E-state index in [0.29, 0.717) is 6.42 Å². The molecule has 0 radical (unpaired) electrons. The Labute approximate surface area is 113 Å². The molecule has 1 aliphatic rings. The summed E-state index contributed by atoms with van der Waals surface area (Å²) in [5.74, 6) is 0.931. The molecule has 1 atom stereocenters. The van der Waals surface area contributed by atoms with Gasteiger partial charge in [-0.3, -0.25) is 4.79 Å². The molecule has 2 rings (SSSR count). The van der Waals surface area contributed by atoms with E-state index in [1.54, 1.807) is 11.3 Å². The van der Waals surface area contributed by atoms with Crippen molar-refractivity contribution in [2.75, 3.05) is 19.6 Å². The van der Waals surface area contributed by atoms with Crippen LogP contribution in [0.5, 0.6) is 0 Å².